The van der Waals surface area contributed by atoms with Crippen LogP contribution >= 0.6 is 12.6 Å². The molecule has 0 radical (unpaired) electrons. The second-order valence-electron chi connectivity index (χ2n) is 4.29. The molecule has 0 N–H and O–H groups in total. The molecule has 0 fully saturated rings. The fraction of sp³-hybridized carbons (Fsp3) is 0.462. The Morgan fingerprint density at radius 3 is 2.78 bits per heavy atom. The van der Waals surface area contributed by atoms with Crippen LogP contribution in [-0.4, -0.2) is 36.9 Å². The minimum Gasteiger partial charge on any atom is -0.490 e. The summed E-state index contributed by atoms with van der Waals surface area (Å²) >= 11 is 3.78. The van der Waals surface area contributed by atoms with Gasteiger partial charge in [0.1, 0.15) is 0 Å². The standard InChI is InChI=1S/C13H17NO3S/c1-14(13(15)18)6-5-10-3-4-11-12(9-10)17-8-2-7-16-11/h3-4,9H,2,5-8H2,1H3,(H,15,18). The van der Waals surface area contributed by atoms with Crippen LogP contribution < -0.4 is 9.47 Å². The number of likely N-dealkylation sites (N-methyl/N-ethyl adjacent to an activating group) is 1. The van der Waals surface area contributed by atoms with E-state index in [1.54, 1.807) is 11.9 Å². The Balaban J connectivity index is 2.02. The number of carbonyl (C=O) groups excluding carboxylic acids is 1. The van der Waals surface area contributed by atoms with E-state index < -0.39 is 0 Å². The number of rotatable bonds is 3. The van der Waals surface area contributed by atoms with Crippen molar-refractivity contribution < 1.29 is 14.3 Å². The first-order chi connectivity index (χ1) is 8.66. The van der Waals surface area contributed by atoms with Crippen molar-refractivity contribution in [2.45, 2.75) is 12.8 Å². The van der Waals surface area contributed by atoms with Gasteiger partial charge in [0, 0.05) is 20.0 Å². The molecule has 1 aromatic carbocycles. The van der Waals surface area contributed by atoms with Crippen molar-refractivity contribution in [3.8, 4) is 11.5 Å². The molecule has 1 aliphatic heterocycles. The maximum absolute atomic E-state index is 11.0. The topological polar surface area (TPSA) is 38.8 Å². The molecule has 2 rings (SSSR count). The Hall–Kier alpha value is -1.36. The summed E-state index contributed by atoms with van der Waals surface area (Å²) in [6.07, 6.45) is 1.68. The van der Waals surface area contributed by atoms with Crippen LogP contribution in [0.3, 0.4) is 0 Å². The summed E-state index contributed by atoms with van der Waals surface area (Å²) in [4.78, 5) is 12.6. The second kappa shape index (κ2) is 6.00. The summed E-state index contributed by atoms with van der Waals surface area (Å²) in [5, 5.41) is -0.218. The smallest absolute Gasteiger partial charge is 0.278 e. The van der Waals surface area contributed by atoms with Gasteiger partial charge in [0.15, 0.2) is 11.5 Å². The first-order valence-electron chi connectivity index (χ1n) is 5.99. The minimum atomic E-state index is -0.218. The molecule has 0 saturated heterocycles. The summed E-state index contributed by atoms with van der Waals surface area (Å²) in [6, 6.07) is 5.92. The van der Waals surface area contributed by atoms with Gasteiger partial charge in [-0.1, -0.05) is 18.7 Å². The zero-order chi connectivity index (χ0) is 13.0. The van der Waals surface area contributed by atoms with E-state index in [-0.39, 0.29) is 5.24 Å². The molecule has 0 unspecified atom stereocenters. The van der Waals surface area contributed by atoms with E-state index >= 15 is 0 Å². The van der Waals surface area contributed by atoms with Gasteiger partial charge in [-0.05, 0) is 24.1 Å². The lowest BCUT2D eigenvalue weighted by Gasteiger charge is -2.14. The van der Waals surface area contributed by atoms with Gasteiger partial charge in [0.2, 0.25) is 0 Å². The fourth-order valence-corrected chi connectivity index (χ4v) is 1.86. The number of thiol groups is 1. The quantitative estimate of drug-likeness (QED) is 0.855. The maximum Gasteiger partial charge on any atom is 0.278 e. The third kappa shape index (κ3) is 3.32. The number of nitrogens with zero attached hydrogens (tertiary/aromatic N) is 1. The molecule has 0 aliphatic carbocycles. The lowest BCUT2D eigenvalue weighted by Crippen LogP contribution is -2.23. The molecule has 0 bridgehead atoms. The maximum atomic E-state index is 11.0. The molecular formula is C13H17NO3S. The van der Waals surface area contributed by atoms with E-state index in [1.165, 1.54) is 0 Å². The van der Waals surface area contributed by atoms with E-state index in [1.807, 2.05) is 18.2 Å². The van der Waals surface area contributed by atoms with E-state index in [0.29, 0.717) is 19.8 Å². The van der Waals surface area contributed by atoms with Crippen LogP contribution in [0.4, 0.5) is 4.79 Å². The van der Waals surface area contributed by atoms with Crippen molar-refractivity contribution >= 4 is 17.9 Å². The van der Waals surface area contributed by atoms with E-state index in [9.17, 15) is 4.79 Å². The predicted molar refractivity (Wildman–Crippen MR) is 72.8 cm³/mol. The number of carbonyl (C=O) groups is 1. The summed E-state index contributed by atoms with van der Waals surface area (Å²) < 4.78 is 11.2. The molecule has 0 aromatic heterocycles. The Labute approximate surface area is 112 Å². The average molecular weight is 267 g/mol. The van der Waals surface area contributed by atoms with Crippen molar-refractivity contribution in [2.75, 3.05) is 26.8 Å². The molecule has 1 heterocycles. The van der Waals surface area contributed by atoms with Gasteiger partial charge in [-0.3, -0.25) is 4.79 Å². The van der Waals surface area contributed by atoms with Crippen LogP contribution in [0, 0.1) is 0 Å². The second-order valence-corrected chi connectivity index (χ2v) is 4.67. The van der Waals surface area contributed by atoms with Gasteiger partial charge >= 0.3 is 0 Å². The van der Waals surface area contributed by atoms with Crippen LogP contribution in [0.5, 0.6) is 11.5 Å². The largest absolute Gasteiger partial charge is 0.490 e. The normalized spacial score (nSPS) is 13.9. The first-order valence-corrected chi connectivity index (χ1v) is 6.44. The highest BCUT2D eigenvalue weighted by atomic mass is 32.1. The number of hydrogen-bond donors (Lipinski definition) is 1. The monoisotopic (exact) mass is 267 g/mol. The average Bonchev–Trinajstić information content (AvgIpc) is 2.60. The van der Waals surface area contributed by atoms with Crippen LogP contribution in [-0.2, 0) is 6.42 Å². The van der Waals surface area contributed by atoms with Crippen molar-refractivity contribution in [1.82, 2.24) is 4.90 Å². The minimum absolute atomic E-state index is 0.218. The van der Waals surface area contributed by atoms with Gasteiger partial charge in [0.25, 0.3) is 5.24 Å². The summed E-state index contributed by atoms with van der Waals surface area (Å²) in [6.45, 7) is 2.02. The zero-order valence-electron chi connectivity index (χ0n) is 10.4. The molecule has 4 nitrogen and oxygen atoms in total. The first kappa shape index (κ1) is 13.1. The summed E-state index contributed by atoms with van der Waals surface area (Å²) in [7, 11) is 1.73. The molecular weight excluding hydrogens is 250 g/mol. The number of amides is 1. The van der Waals surface area contributed by atoms with Crippen LogP contribution in [0.25, 0.3) is 0 Å². The molecule has 0 atom stereocenters. The molecule has 0 spiro atoms. The molecule has 18 heavy (non-hydrogen) atoms. The third-order valence-electron chi connectivity index (χ3n) is 2.87. The predicted octanol–water partition coefficient (Wildman–Crippen LogP) is 2.37. The molecule has 98 valence electrons. The zero-order valence-corrected chi connectivity index (χ0v) is 11.3. The van der Waals surface area contributed by atoms with E-state index in [4.69, 9.17) is 9.47 Å². The Bertz CT molecular complexity index is 436. The Morgan fingerprint density at radius 2 is 2.06 bits per heavy atom. The van der Waals surface area contributed by atoms with Crippen molar-refractivity contribution in [3.05, 3.63) is 23.8 Å². The SMILES string of the molecule is CN(CCc1ccc2c(c1)OCCCO2)C(=O)S. The van der Waals surface area contributed by atoms with Crippen LogP contribution in [0.1, 0.15) is 12.0 Å². The van der Waals surface area contributed by atoms with Gasteiger partial charge in [0.05, 0.1) is 13.2 Å². The Morgan fingerprint density at radius 1 is 1.33 bits per heavy atom. The molecule has 1 aromatic rings. The fourth-order valence-electron chi connectivity index (χ4n) is 1.76. The number of fused-ring (bicyclic) bond motifs is 1. The highest BCUT2D eigenvalue weighted by Crippen LogP contribution is 2.30. The van der Waals surface area contributed by atoms with Crippen molar-refractivity contribution in [1.29, 1.82) is 0 Å². The van der Waals surface area contributed by atoms with E-state index in [2.05, 4.69) is 12.6 Å². The molecule has 5 heteroatoms. The highest BCUT2D eigenvalue weighted by molar-refractivity contribution is 7.96. The van der Waals surface area contributed by atoms with Gasteiger partial charge < -0.3 is 14.4 Å². The summed E-state index contributed by atoms with van der Waals surface area (Å²) in [5.41, 5.74) is 1.13. The summed E-state index contributed by atoms with van der Waals surface area (Å²) in [5.74, 6) is 1.60. The lowest BCUT2D eigenvalue weighted by atomic mass is 10.1. The molecule has 1 aliphatic rings. The van der Waals surface area contributed by atoms with E-state index in [0.717, 1.165) is 29.9 Å². The van der Waals surface area contributed by atoms with Crippen LogP contribution in [0.2, 0.25) is 0 Å². The van der Waals surface area contributed by atoms with Crippen LogP contribution in [0.15, 0.2) is 18.2 Å². The lowest BCUT2D eigenvalue weighted by molar-refractivity contribution is 0.234. The number of benzene rings is 1. The van der Waals surface area contributed by atoms with Crippen molar-refractivity contribution in [3.63, 3.8) is 0 Å². The van der Waals surface area contributed by atoms with Gasteiger partial charge in [-0.15, -0.1) is 0 Å². The van der Waals surface area contributed by atoms with Gasteiger partial charge in [-0.25, -0.2) is 0 Å². The van der Waals surface area contributed by atoms with Crippen molar-refractivity contribution in [2.24, 2.45) is 0 Å². The molecule has 1 amide bonds. The molecule has 0 saturated carbocycles. The third-order valence-corrected chi connectivity index (χ3v) is 3.22. The number of hydrogen-bond acceptors (Lipinski definition) is 3. The number of ether oxygens (including phenoxy) is 2. The highest BCUT2D eigenvalue weighted by Gasteiger charge is 2.11. The van der Waals surface area contributed by atoms with Gasteiger partial charge in [-0.2, -0.15) is 0 Å². The Kier molecular flexibility index (Phi) is 4.36.